The van der Waals surface area contributed by atoms with Crippen LogP contribution < -0.4 is 15.0 Å². The Morgan fingerprint density at radius 1 is 1.33 bits per heavy atom. The summed E-state index contributed by atoms with van der Waals surface area (Å²) in [5.41, 5.74) is -0.313. The molecule has 1 saturated heterocycles. The number of carbonyl (C=O) groups excluding carboxylic acids is 1. The first-order chi connectivity index (χ1) is 12.8. The molecule has 1 amide bonds. The van der Waals surface area contributed by atoms with Crippen LogP contribution in [-0.2, 0) is 17.5 Å². The van der Waals surface area contributed by atoms with E-state index >= 15 is 0 Å². The summed E-state index contributed by atoms with van der Waals surface area (Å²) in [7, 11) is 0. The largest absolute Gasteiger partial charge is 0.488 e. The van der Waals surface area contributed by atoms with Crippen LogP contribution >= 0.6 is 0 Å². The fourth-order valence-corrected chi connectivity index (χ4v) is 2.70. The number of hydrogen-bond acceptors (Lipinski definition) is 6. The maximum atomic E-state index is 12.8. The van der Waals surface area contributed by atoms with Gasteiger partial charge in [-0.15, -0.1) is 0 Å². The molecule has 0 bridgehead atoms. The smallest absolute Gasteiger partial charge is 0.433 e. The van der Waals surface area contributed by atoms with Crippen molar-refractivity contribution >= 4 is 11.9 Å². The van der Waals surface area contributed by atoms with E-state index in [0.29, 0.717) is 37.5 Å². The number of carbonyl (C=O) groups is 1. The van der Waals surface area contributed by atoms with Crippen LogP contribution in [0.5, 0.6) is 5.75 Å². The van der Waals surface area contributed by atoms with Crippen molar-refractivity contribution in [2.75, 3.05) is 18.0 Å². The molecular formula is C17H18F3N5O2. The van der Waals surface area contributed by atoms with Gasteiger partial charge in [0.1, 0.15) is 17.5 Å². The third kappa shape index (κ3) is 5.05. The zero-order valence-corrected chi connectivity index (χ0v) is 14.5. The van der Waals surface area contributed by atoms with Crippen LogP contribution in [0.3, 0.4) is 0 Å². The number of ether oxygens (including phenoxy) is 1. The Labute approximate surface area is 153 Å². The van der Waals surface area contributed by atoms with Gasteiger partial charge in [0, 0.05) is 38.3 Å². The van der Waals surface area contributed by atoms with Crippen molar-refractivity contribution in [3.8, 4) is 5.75 Å². The fourth-order valence-electron chi connectivity index (χ4n) is 2.70. The van der Waals surface area contributed by atoms with E-state index in [9.17, 15) is 18.0 Å². The number of anilines is 1. The van der Waals surface area contributed by atoms with Gasteiger partial charge < -0.3 is 15.0 Å². The van der Waals surface area contributed by atoms with E-state index in [0.717, 1.165) is 12.3 Å². The molecule has 1 atom stereocenters. The Bertz CT molecular complexity index is 815. The minimum atomic E-state index is -4.51. The van der Waals surface area contributed by atoms with Crippen molar-refractivity contribution < 1.29 is 22.7 Å². The molecule has 0 saturated carbocycles. The maximum absolute atomic E-state index is 12.8. The number of aromatic nitrogens is 3. The summed E-state index contributed by atoms with van der Waals surface area (Å²) in [5, 5.41) is 2.66. The number of nitrogens with zero attached hydrogens (tertiary/aromatic N) is 4. The summed E-state index contributed by atoms with van der Waals surface area (Å²) in [6, 6.07) is 4.27. The molecule has 1 aliphatic rings. The second-order valence-corrected chi connectivity index (χ2v) is 6.11. The normalized spacial score (nSPS) is 17.0. The minimum Gasteiger partial charge on any atom is -0.488 e. The van der Waals surface area contributed by atoms with E-state index in [2.05, 4.69) is 20.3 Å². The average molecular weight is 381 g/mol. The fraction of sp³-hybridized carbons (Fsp3) is 0.412. The molecule has 0 spiro atoms. The van der Waals surface area contributed by atoms with E-state index in [1.165, 1.54) is 6.92 Å². The molecule has 10 heteroatoms. The molecule has 0 radical (unpaired) electrons. The molecule has 0 aromatic carbocycles. The van der Waals surface area contributed by atoms with Crippen molar-refractivity contribution in [1.82, 2.24) is 20.3 Å². The Balaban J connectivity index is 1.62. The van der Waals surface area contributed by atoms with Gasteiger partial charge in [0.2, 0.25) is 11.9 Å². The van der Waals surface area contributed by atoms with Crippen LogP contribution in [0.25, 0.3) is 0 Å². The van der Waals surface area contributed by atoms with Crippen LogP contribution in [0.4, 0.5) is 19.1 Å². The number of alkyl halides is 3. The molecule has 2 aromatic rings. The highest BCUT2D eigenvalue weighted by Gasteiger charge is 2.34. The van der Waals surface area contributed by atoms with E-state index in [1.807, 2.05) is 0 Å². The van der Waals surface area contributed by atoms with Crippen molar-refractivity contribution in [1.29, 1.82) is 0 Å². The summed E-state index contributed by atoms with van der Waals surface area (Å²) in [6.07, 6.45) is -1.40. The van der Waals surface area contributed by atoms with E-state index in [4.69, 9.17) is 4.74 Å². The van der Waals surface area contributed by atoms with E-state index in [1.54, 1.807) is 23.2 Å². The first kappa shape index (κ1) is 18.9. The third-order valence-corrected chi connectivity index (χ3v) is 3.97. The van der Waals surface area contributed by atoms with Crippen molar-refractivity contribution in [3.63, 3.8) is 0 Å². The lowest BCUT2D eigenvalue weighted by Gasteiger charge is -2.18. The average Bonchev–Trinajstić information content (AvgIpc) is 3.08. The summed E-state index contributed by atoms with van der Waals surface area (Å²) < 4.78 is 44.3. The Kier molecular flexibility index (Phi) is 5.43. The number of pyridine rings is 1. The lowest BCUT2D eigenvalue weighted by molar-refractivity contribution is -0.141. The lowest BCUT2D eigenvalue weighted by atomic mass is 10.3. The van der Waals surface area contributed by atoms with Gasteiger partial charge >= 0.3 is 6.18 Å². The summed E-state index contributed by atoms with van der Waals surface area (Å²) >= 11 is 0. The molecule has 1 aliphatic heterocycles. The molecule has 144 valence electrons. The second-order valence-electron chi connectivity index (χ2n) is 6.11. The van der Waals surface area contributed by atoms with Gasteiger partial charge in [-0.05, 0) is 12.1 Å². The SMILES string of the molecule is CC(=O)NCc1cc(OC2CCN(c3nccc(C(F)(F)F)n3)C2)ccn1. The van der Waals surface area contributed by atoms with Crippen molar-refractivity contribution in [3.05, 3.63) is 42.0 Å². The number of amides is 1. The van der Waals surface area contributed by atoms with Crippen LogP contribution in [0.15, 0.2) is 30.6 Å². The molecule has 0 aliphatic carbocycles. The van der Waals surface area contributed by atoms with Crippen LogP contribution in [0, 0.1) is 0 Å². The highest BCUT2D eigenvalue weighted by atomic mass is 19.4. The predicted molar refractivity (Wildman–Crippen MR) is 90.0 cm³/mol. The number of rotatable bonds is 5. The third-order valence-electron chi connectivity index (χ3n) is 3.97. The maximum Gasteiger partial charge on any atom is 0.433 e. The Hall–Kier alpha value is -2.91. The topological polar surface area (TPSA) is 80.2 Å². The molecule has 27 heavy (non-hydrogen) atoms. The summed E-state index contributed by atoms with van der Waals surface area (Å²) in [4.78, 5) is 24.3. The predicted octanol–water partition coefficient (Wildman–Crippen LogP) is 2.18. The van der Waals surface area contributed by atoms with Gasteiger partial charge in [0.15, 0.2) is 0 Å². The van der Waals surface area contributed by atoms with Crippen LogP contribution in [-0.4, -0.2) is 40.1 Å². The second kappa shape index (κ2) is 7.77. The monoisotopic (exact) mass is 381 g/mol. The quantitative estimate of drug-likeness (QED) is 0.855. The minimum absolute atomic E-state index is 0.0389. The Morgan fingerprint density at radius 2 is 2.11 bits per heavy atom. The molecule has 3 heterocycles. The first-order valence-corrected chi connectivity index (χ1v) is 8.32. The molecular weight excluding hydrogens is 363 g/mol. The van der Waals surface area contributed by atoms with Gasteiger partial charge in [-0.1, -0.05) is 0 Å². The first-order valence-electron chi connectivity index (χ1n) is 8.32. The van der Waals surface area contributed by atoms with E-state index < -0.39 is 11.9 Å². The van der Waals surface area contributed by atoms with Gasteiger partial charge in [-0.25, -0.2) is 9.97 Å². The summed E-state index contributed by atoms with van der Waals surface area (Å²) in [5.74, 6) is 0.467. The van der Waals surface area contributed by atoms with Gasteiger partial charge in [-0.2, -0.15) is 13.2 Å². The molecule has 1 N–H and O–H groups in total. The Morgan fingerprint density at radius 3 is 2.85 bits per heavy atom. The molecule has 7 nitrogen and oxygen atoms in total. The molecule has 1 fully saturated rings. The molecule has 1 unspecified atom stereocenters. The van der Waals surface area contributed by atoms with Crippen LogP contribution in [0.2, 0.25) is 0 Å². The summed E-state index contributed by atoms with van der Waals surface area (Å²) in [6.45, 7) is 2.59. The van der Waals surface area contributed by atoms with Crippen molar-refractivity contribution in [2.45, 2.75) is 32.2 Å². The highest BCUT2D eigenvalue weighted by Crippen LogP contribution is 2.29. The zero-order valence-electron chi connectivity index (χ0n) is 14.5. The molecule has 3 rings (SSSR count). The zero-order chi connectivity index (χ0) is 19.4. The van der Waals surface area contributed by atoms with Gasteiger partial charge in [-0.3, -0.25) is 9.78 Å². The van der Waals surface area contributed by atoms with Gasteiger partial charge in [0.05, 0.1) is 18.8 Å². The highest BCUT2D eigenvalue weighted by molar-refractivity contribution is 5.72. The van der Waals surface area contributed by atoms with Gasteiger partial charge in [0.25, 0.3) is 0 Å². The number of nitrogens with one attached hydrogen (secondary N) is 1. The standard InChI is InChI=1S/C17H18F3N5O2/c1-11(26)23-9-12-8-13(2-5-21-12)27-14-4-7-25(10-14)16-22-6-3-15(24-16)17(18,19)20/h2-3,5-6,8,14H,4,7,9-10H2,1H3,(H,23,26). The lowest BCUT2D eigenvalue weighted by Crippen LogP contribution is -2.27. The van der Waals surface area contributed by atoms with Crippen LogP contribution in [0.1, 0.15) is 24.7 Å². The number of halogens is 3. The molecule has 2 aromatic heterocycles. The number of hydrogen-bond donors (Lipinski definition) is 1. The van der Waals surface area contributed by atoms with Crippen molar-refractivity contribution in [2.24, 2.45) is 0 Å². The van der Waals surface area contributed by atoms with E-state index in [-0.39, 0.29) is 18.0 Å².